The number of aliphatic hydroxyl groups is 1. The van der Waals surface area contributed by atoms with Gasteiger partial charge in [-0.1, -0.05) is 13.8 Å². The molecule has 9 heteroatoms. The van der Waals surface area contributed by atoms with Crippen LogP contribution < -0.4 is 0 Å². The van der Waals surface area contributed by atoms with Crippen molar-refractivity contribution in [1.29, 1.82) is 0 Å². The first-order valence-electron chi connectivity index (χ1n) is 12.8. The number of hydrogen-bond acceptors (Lipinski definition) is 7. The minimum atomic E-state index is -2.07. The van der Waals surface area contributed by atoms with Crippen LogP contribution in [0.15, 0.2) is 11.6 Å². The zero-order chi connectivity index (χ0) is 25.2. The Labute approximate surface area is 208 Å². The van der Waals surface area contributed by atoms with E-state index in [-0.39, 0.29) is 48.9 Å². The van der Waals surface area contributed by atoms with Crippen LogP contribution in [-0.2, 0) is 23.8 Å². The highest BCUT2D eigenvalue weighted by molar-refractivity contribution is 8.01. The minimum absolute atomic E-state index is 0.0924. The van der Waals surface area contributed by atoms with Crippen molar-refractivity contribution in [3.63, 3.8) is 0 Å². The van der Waals surface area contributed by atoms with Gasteiger partial charge in [0, 0.05) is 29.6 Å². The highest BCUT2D eigenvalue weighted by Crippen LogP contribution is 2.75. The second-order valence-corrected chi connectivity index (χ2v) is 13.7. The van der Waals surface area contributed by atoms with Gasteiger partial charge in [-0.15, -0.1) is 11.8 Å². The lowest BCUT2D eigenvalue weighted by Crippen LogP contribution is -2.70. The standard InChI is InChI=1S/C26H34F2O6S/c1-22(2)33-20-11-14-15-10-17(27)16-9-13(29)5-7-23(16,3)25(15,28)19(30)12-24(14,4)26(20,34-22)35-18-6-8-32-21(18)31/h9,14-15,17-20,30H,5-8,10-12H2,1-4H3/t14?,15?,17-,18+,19-,20+,23-,24-,25-,26-/m0/s1. The highest BCUT2D eigenvalue weighted by atomic mass is 32.2. The molecule has 10 atom stereocenters. The molecule has 35 heavy (non-hydrogen) atoms. The number of halogens is 2. The van der Waals surface area contributed by atoms with Crippen molar-refractivity contribution in [2.75, 3.05) is 6.61 Å². The van der Waals surface area contributed by atoms with E-state index in [0.717, 1.165) is 0 Å². The Balaban J connectivity index is 1.45. The molecule has 0 aromatic heterocycles. The van der Waals surface area contributed by atoms with Crippen molar-refractivity contribution in [2.45, 2.75) is 106 Å². The first kappa shape index (κ1) is 24.3. The minimum Gasteiger partial charge on any atom is -0.465 e. The summed E-state index contributed by atoms with van der Waals surface area (Å²) in [7, 11) is 0. The van der Waals surface area contributed by atoms with Crippen molar-refractivity contribution in [3.8, 4) is 0 Å². The number of ether oxygens (including phenoxy) is 3. The maximum atomic E-state index is 17.4. The number of carbonyl (C=O) groups is 2. The second-order valence-electron chi connectivity index (χ2n) is 12.3. The Hall–Kier alpha value is -1.03. The van der Waals surface area contributed by atoms with Crippen molar-refractivity contribution >= 4 is 23.5 Å². The van der Waals surface area contributed by atoms with Crippen LogP contribution >= 0.6 is 11.8 Å². The summed E-state index contributed by atoms with van der Waals surface area (Å²) in [5.74, 6) is -2.48. The van der Waals surface area contributed by atoms with Crippen LogP contribution in [0.3, 0.4) is 0 Å². The Morgan fingerprint density at radius 1 is 1.14 bits per heavy atom. The monoisotopic (exact) mass is 512 g/mol. The van der Waals surface area contributed by atoms with Gasteiger partial charge in [-0.2, -0.15) is 0 Å². The second kappa shape index (κ2) is 7.29. The van der Waals surface area contributed by atoms with E-state index < -0.39 is 56.8 Å². The van der Waals surface area contributed by atoms with Gasteiger partial charge in [0.05, 0.1) is 12.7 Å². The van der Waals surface area contributed by atoms with Gasteiger partial charge in [0.15, 0.2) is 11.6 Å². The highest BCUT2D eigenvalue weighted by Gasteiger charge is 2.79. The number of thioether (sulfide) groups is 1. The summed E-state index contributed by atoms with van der Waals surface area (Å²) in [6.45, 7) is 7.67. The molecule has 0 bridgehead atoms. The molecule has 5 fully saturated rings. The molecule has 0 radical (unpaired) electrons. The zero-order valence-corrected chi connectivity index (χ0v) is 21.5. The van der Waals surface area contributed by atoms with Gasteiger partial charge in [0.25, 0.3) is 0 Å². The fraction of sp³-hybridized carbons (Fsp3) is 0.846. The largest absolute Gasteiger partial charge is 0.465 e. The van der Waals surface area contributed by atoms with E-state index in [1.165, 1.54) is 17.8 Å². The average Bonchev–Trinajstić information content (AvgIpc) is 3.35. The molecule has 6 nitrogen and oxygen atoms in total. The molecule has 194 valence electrons. The molecule has 6 aliphatic rings. The molecule has 2 unspecified atom stereocenters. The van der Waals surface area contributed by atoms with E-state index in [0.29, 0.717) is 19.4 Å². The summed E-state index contributed by atoms with van der Waals surface area (Å²) in [6.07, 6.45) is -0.623. The van der Waals surface area contributed by atoms with Gasteiger partial charge in [-0.05, 0) is 57.1 Å². The van der Waals surface area contributed by atoms with Crippen molar-refractivity contribution in [1.82, 2.24) is 0 Å². The normalized spacial score (nSPS) is 54.4. The van der Waals surface area contributed by atoms with E-state index in [2.05, 4.69) is 0 Å². The van der Waals surface area contributed by atoms with Crippen LogP contribution in [0.5, 0.6) is 0 Å². The lowest BCUT2D eigenvalue weighted by Gasteiger charge is -2.64. The Kier molecular flexibility index (Phi) is 5.07. The first-order valence-corrected chi connectivity index (χ1v) is 13.6. The number of fused-ring (bicyclic) bond motifs is 7. The number of carbonyl (C=O) groups excluding carboxylic acids is 2. The summed E-state index contributed by atoms with van der Waals surface area (Å²) in [5.41, 5.74) is -3.89. The van der Waals surface area contributed by atoms with Crippen LogP contribution in [0, 0.1) is 22.7 Å². The molecule has 0 aromatic rings. The molecule has 1 N–H and O–H groups in total. The fourth-order valence-electron chi connectivity index (χ4n) is 8.57. The lowest BCUT2D eigenvalue weighted by atomic mass is 9.44. The summed E-state index contributed by atoms with van der Waals surface area (Å²) < 4.78 is 51.3. The number of rotatable bonds is 2. The Morgan fingerprint density at radius 2 is 1.89 bits per heavy atom. The number of hydrogen-bond donors (Lipinski definition) is 1. The number of aliphatic hydroxyl groups excluding tert-OH is 1. The van der Waals surface area contributed by atoms with Crippen LogP contribution in [0.1, 0.15) is 66.2 Å². The maximum Gasteiger partial charge on any atom is 0.319 e. The van der Waals surface area contributed by atoms with Gasteiger partial charge < -0.3 is 19.3 Å². The van der Waals surface area contributed by atoms with Crippen molar-refractivity contribution in [3.05, 3.63) is 11.6 Å². The van der Waals surface area contributed by atoms with Crippen LogP contribution in [0.2, 0.25) is 0 Å². The number of esters is 1. The van der Waals surface area contributed by atoms with Crippen LogP contribution in [-0.4, -0.2) is 63.5 Å². The van der Waals surface area contributed by atoms with E-state index in [4.69, 9.17) is 14.2 Å². The SMILES string of the molecule is CC1(C)O[C@@H]2CC3C4C[C@H](F)C5=CC(=O)CC[C@]5(C)[C@@]4(F)[C@@H](O)C[C@]3(C)[C@]2(S[C@@H]2CCOC2=O)O1. The quantitative estimate of drug-likeness (QED) is 0.560. The molecule has 2 heterocycles. The molecular weight excluding hydrogens is 478 g/mol. The Bertz CT molecular complexity index is 1020. The maximum absolute atomic E-state index is 17.4. The Morgan fingerprint density at radius 3 is 2.57 bits per heavy atom. The molecule has 0 amide bonds. The first-order chi connectivity index (χ1) is 16.3. The third-order valence-electron chi connectivity index (χ3n) is 10.1. The summed E-state index contributed by atoms with van der Waals surface area (Å²) in [4.78, 5) is 23.6. The van der Waals surface area contributed by atoms with E-state index in [1.807, 2.05) is 20.8 Å². The fourth-order valence-corrected chi connectivity index (χ4v) is 10.4. The van der Waals surface area contributed by atoms with Crippen molar-refractivity contribution in [2.24, 2.45) is 22.7 Å². The van der Waals surface area contributed by atoms with Crippen LogP contribution in [0.4, 0.5) is 8.78 Å². The van der Waals surface area contributed by atoms with Gasteiger partial charge >= 0.3 is 5.97 Å². The predicted molar refractivity (Wildman–Crippen MR) is 124 cm³/mol. The smallest absolute Gasteiger partial charge is 0.319 e. The van der Waals surface area contributed by atoms with Gasteiger partial charge in [-0.25, -0.2) is 8.78 Å². The molecule has 3 saturated carbocycles. The third-order valence-corrected chi connectivity index (χ3v) is 12.0. The number of cyclic esters (lactones) is 1. The summed E-state index contributed by atoms with van der Waals surface area (Å²) in [6, 6.07) is 0. The topological polar surface area (TPSA) is 82.1 Å². The molecular formula is C26H34F2O6S. The van der Waals surface area contributed by atoms with Gasteiger partial charge in [0.1, 0.15) is 28.1 Å². The molecule has 2 saturated heterocycles. The lowest BCUT2D eigenvalue weighted by molar-refractivity contribution is -0.243. The third kappa shape index (κ3) is 2.93. The predicted octanol–water partition coefficient (Wildman–Crippen LogP) is 4.04. The molecule has 6 rings (SSSR count). The average molecular weight is 513 g/mol. The van der Waals surface area contributed by atoms with Gasteiger partial charge in [-0.3, -0.25) is 9.59 Å². The summed E-state index contributed by atoms with van der Waals surface area (Å²) >= 11 is 1.39. The molecule has 2 aliphatic heterocycles. The van der Waals surface area contributed by atoms with Gasteiger partial charge in [0.2, 0.25) is 0 Å². The van der Waals surface area contributed by atoms with E-state index in [9.17, 15) is 14.7 Å². The van der Waals surface area contributed by atoms with Crippen LogP contribution in [0.25, 0.3) is 0 Å². The summed E-state index contributed by atoms with van der Waals surface area (Å²) in [5, 5.41) is 11.2. The molecule has 4 aliphatic carbocycles. The van der Waals surface area contributed by atoms with E-state index >= 15 is 8.78 Å². The molecule has 0 aromatic carbocycles. The van der Waals surface area contributed by atoms with E-state index in [1.54, 1.807) is 6.92 Å². The van der Waals surface area contributed by atoms with Crippen molar-refractivity contribution < 1.29 is 37.7 Å². The molecule has 0 spiro atoms. The zero-order valence-electron chi connectivity index (χ0n) is 20.6. The number of alkyl halides is 2. The number of ketones is 1. The number of allylic oxidation sites excluding steroid dienone is 1.